The lowest BCUT2D eigenvalue weighted by atomic mass is 10.1. The largest absolute Gasteiger partial charge is 0.416 e. The molecule has 188 valence electrons. The van der Waals surface area contributed by atoms with Crippen LogP contribution in [0, 0.1) is 0 Å². The number of thioether (sulfide) groups is 1. The van der Waals surface area contributed by atoms with Gasteiger partial charge in [0.25, 0.3) is 5.91 Å². The quantitative estimate of drug-likeness (QED) is 0.454. The van der Waals surface area contributed by atoms with Crippen molar-refractivity contribution >= 4 is 51.4 Å². The molecule has 0 saturated carbocycles. The van der Waals surface area contributed by atoms with Crippen molar-refractivity contribution in [2.24, 2.45) is 4.99 Å². The summed E-state index contributed by atoms with van der Waals surface area (Å²) in [7, 11) is 0. The van der Waals surface area contributed by atoms with E-state index in [2.05, 4.69) is 27.2 Å². The van der Waals surface area contributed by atoms with Crippen LogP contribution in [0.1, 0.15) is 30.0 Å². The van der Waals surface area contributed by atoms with Crippen molar-refractivity contribution in [3.05, 3.63) is 69.2 Å². The van der Waals surface area contributed by atoms with Gasteiger partial charge in [-0.3, -0.25) is 9.48 Å². The Hall–Kier alpha value is -2.82. The lowest BCUT2D eigenvalue weighted by Gasteiger charge is -2.33. The molecule has 3 aromatic rings. The second-order valence-electron chi connectivity index (χ2n) is 8.74. The van der Waals surface area contributed by atoms with Crippen molar-refractivity contribution in [2.45, 2.75) is 32.1 Å². The van der Waals surface area contributed by atoms with E-state index in [-0.39, 0.29) is 23.0 Å². The second kappa shape index (κ2) is 9.91. The van der Waals surface area contributed by atoms with Crippen LogP contribution in [0.3, 0.4) is 0 Å². The third-order valence-electron chi connectivity index (χ3n) is 6.29. The fourth-order valence-electron chi connectivity index (χ4n) is 4.39. The van der Waals surface area contributed by atoms with Gasteiger partial charge in [0.15, 0.2) is 5.17 Å². The Labute approximate surface area is 215 Å². The lowest BCUT2D eigenvalue weighted by molar-refractivity contribution is -0.138. The smallest absolute Gasteiger partial charge is 0.348 e. The summed E-state index contributed by atoms with van der Waals surface area (Å²) in [5.74, 6) is -0.264. The van der Waals surface area contributed by atoms with Crippen LogP contribution in [-0.2, 0) is 17.5 Å². The van der Waals surface area contributed by atoms with Crippen LogP contribution in [0.2, 0.25) is 5.02 Å². The van der Waals surface area contributed by atoms with E-state index in [1.807, 2.05) is 12.1 Å². The average Bonchev–Trinajstić information content (AvgIpc) is 3.42. The Morgan fingerprint density at radius 2 is 2.08 bits per heavy atom. The molecule has 0 radical (unpaired) electrons. The number of benzene rings is 2. The summed E-state index contributed by atoms with van der Waals surface area (Å²) >= 11 is 7.17. The summed E-state index contributed by atoms with van der Waals surface area (Å²) in [4.78, 5) is 19.5. The molecular formula is C25H23ClF3N5OS. The number of halogens is 4. The highest BCUT2D eigenvalue weighted by Gasteiger charge is 2.34. The molecule has 0 spiro atoms. The van der Waals surface area contributed by atoms with Gasteiger partial charge in [-0.2, -0.15) is 23.3 Å². The van der Waals surface area contributed by atoms with Gasteiger partial charge in [-0.05, 0) is 59.7 Å². The molecule has 0 bridgehead atoms. The number of aromatic nitrogens is 2. The molecule has 2 aromatic carbocycles. The molecule has 1 unspecified atom stereocenters. The molecule has 1 aromatic heterocycles. The van der Waals surface area contributed by atoms with Gasteiger partial charge in [-0.25, -0.2) is 0 Å². The second-order valence-corrected chi connectivity index (χ2v) is 10.2. The van der Waals surface area contributed by atoms with Gasteiger partial charge in [0, 0.05) is 36.1 Å². The molecule has 0 aliphatic carbocycles. The number of amides is 1. The van der Waals surface area contributed by atoms with Crippen LogP contribution in [0.5, 0.6) is 0 Å². The number of carbonyl (C=O) groups is 1. The first-order valence-corrected chi connectivity index (χ1v) is 12.7. The molecule has 11 heteroatoms. The van der Waals surface area contributed by atoms with Crippen molar-refractivity contribution in [1.82, 2.24) is 20.0 Å². The molecule has 3 heterocycles. The Balaban J connectivity index is 1.35. The van der Waals surface area contributed by atoms with E-state index in [4.69, 9.17) is 11.6 Å². The summed E-state index contributed by atoms with van der Waals surface area (Å²) in [6.45, 7) is 4.55. The first-order valence-electron chi connectivity index (χ1n) is 11.5. The summed E-state index contributed by atoms with van der Waals surface area (Å²) in [6.07, 6.45) is -0.107. The molecule has 1 fully saturated rings. The van der Waals surface area contributed by atoms with Crippen molar-refractivity contribution < 1.29 is 18.0 Å². The molecule has 1 amide bonds. The first kappa shape index (κ1) is 24.9. The average molecular weight is 534 g/mol. The van der Waals surface area contributed by atoms with Crippen LogP contribution >= 0.6 is 23.4 Å². The van der Waals surface area contributed by atoms with Gasteiger partial charge in [0.2, 0.25) is 0 Å². The maximum Gasteiger partial charge on any atom is 0.416 e. The third-order valence-corrected chi connectivity index (χ3v) is 7.57. The Bertz CT molecular complexity index is 1380. The van der Waals surface area contributed by atoms with Crippen molar-refractivity contribution in [3.8, 4) is 0 Å². The van der Waals surface area contributed by atoms with Gasteiger partial charge in [-0.15, -0.1) is 0 Å². The topological polar surface area (TPSA) is 62.5 Å². The molecule has 2 aliphatic heterocycles. The zero-order valence-electron chi connectivity index (χ0n) is 19.3. The number of alkyl halides is 3. The fourth-order valence-corrected chi connectivity index (χ4v) is 5.51. The summed E-state index contributed by atoms with van der Waals surface area (Å²) < 4.78 is 42.0. The standard InChI is InChI=1S/C25H23ClF3N5OS/c1-2-19-14-33(8-7-30-19)24-32-23(35)22(36-24)10-15-3-6-21-17(9-15)12-31-34(21)13-16-4-5-18(26)11-20(16)25(27,28)29/h3-6,9-12,19,30H,2,7-8,13-14H2,1H3/b22-10-. The van der Waals surface area contributed by atoms with Gasteiger partial charge >= 0.3 is 6.18 Å². The maximum atomic E-state index is 13.5. The van der Waals surface area contributed by atoms with Gasteiger partial charge in [-0.1, -0.05) is 30.7 Å². The first-order chi connectivity index (χ1) is 17.2. The Kier molecular flexibility index (Phi) is 6.84. The highest BCUT2D eigenvalue weighted by atomic mass is 35.5. The van der Waals surface area contributed by atoms with Crippen molar-refractivity contribution in [1.29, 1.82) is 0 Å². The number of hydrogen-bond donors (Lipinski definition) is 1. The minimum atomic E-state index is -4.52. The zero-order chi connectivity index (χ0) is 25.4. The predicted molar refractivity (Wildman–Crippen MR) is 137 cm³/mol. The van der Waals surface area contributed by atoms with E-state index in [1.54, 1.807) is 18.3 Å². The number of hydrogen-bond acceptors (Lipinski definition) is 5. The van der Waals surface area contributed by atoms with Crippen LogP contribution in [0.4, 0.5) is 13.2 Å². The van der Waals surface area contributed by atoms with Crippen LogP contribution in [0.25, 0.3) is 17.0 Å². The normalized spacial score (nSPS) is 20.0. The van der Waals surface area contributed by atoms with E-state index < -0.39 is 11.7 Å². The van der Waals surface area contributed by atoms with E-state index >= 15 is 0 Å². The maximum absolute atomic E-state index is 13.5. The number of nitrogens with zero attached hydrogens (tertiary/aromatic N) is 4. The number of fused-ring (bicyclic) bond motifs is 1. The fraction of sp³-hybridized carbons (Fsp3) is 0.320. The number of piperazine rings is 1. The number of aliphatic imine (C=N–C) groups is 1. The summed E-state index contributed by atoms with van der Waals surface area (Å²) in [5, 5.41) is 9.27. The van der Waals surface area contributed by atoms with E-state index in [9.17, 15) is 18.0 Å². The monoisotopic (exact) mass is 533 g/mol. The third kappa shape index (κ3) is 5.16. The van der Waals surface area contributed by atoms with Crippen LogP contribution in [-0.4, -0.2) is 51.4 Å². The van der Waals surface area contributed by atoms with Crippen molar-refractivity contribution in [2.75, 3.05) is 19.6 Å². The summed E-state index contributed by atoms with van der Waals surface area (Å²) in [6, 6.07) is 9.61. The molecule has 1 atom stereocenters. The zero-order valence-corrected chi connectivity index (χ0v) is 20.9. The highest BCUT2D eigenvalue weighted by Crippen LogP contribution is 2.35. The Morgan fingerprint density at radius 3 is 2.86 bits per heavy atom. The molecule has 1 saturated heterocycles. The molecule has 6 nitrogen and oxygen atoms in total. The SMILES string of the molecule is CCC1CN(C2=NC(=O)/C(=C/c3ccc4c(cnn4Cc4ccc(Cl)cc4C(F)(F)F)c3)S2)CCN1. The van der Waals surface area contributed by atoms with E-state index in [0.29, 0.717) is 16.5 Å². The van der Waals surface area contributed by atoms with Gasteiger partial charge < -0.3 is 10.2 Å². The van der Waals surface area contributed by atoms with Crippen LogP contribution < -0.4 is 5.32 Å². The Morgan fingerprint density at radius 1 is 1.25 bits per heavy atom. The number of nitrogens with one attached hydrogen (secondary N) is 1. The molecule has 2 aliphatic rings. The molecule has 1 N–H and O–H groups in total. The van der Waals surface area contributed by atoms with Gasteiger partial charge in [0.05, 0.1) is 28.7 Å². The number of rotatable bonds is 4. The van der Waals surface area contributed by atoms with E-state index in [0.717, 1.165) is 48.2 Å². The summed E-state index contributed by atoms with van der Waals surface area (Å²) in [5.41, 5.74) is 0.791. The molecular weight excluding hydrogens is 511 g/mol. The predicted octanol–water partition coefficient (Wildman–Crippen LogP) is 5.41. The van der Waals surface area contributed by atoms with Crippen molar-refractivity contribution in [3.63, 3.8) is 0 Å². The minimum absolute atomic E-state index is 0.0303. The lowest BCUT2D eigenvalue weighted by Crippen LogP contribution is -2.51. The highest BCUT2D eigenvalue weighted by molar-refractivity contribution is 8.18. The molecule has 36 heavy (non-hydrogen) atoms. The molecule has 5 rings (SSSR count). The van der Waals surface area contributed by atoms with Crippen LogP contribution in [0.15, 0.2) is 52.5 Å². The van der Waals surface area contributed by atoms with E-state index in [1.165, 1.54) is 28.6 Å². The minimum Gasteiger partial charge on any atom is -0.348 e. The van der Waals surface area contributed by atoms with Gasteiger partial charge in [0.1, 0.15) is 0 Å². The number of carbonyl (C=O) groups excluding carboxylic acids is 1. The number of amidine groups is 1.